The molecule has 3 aromatic rings. The SMILES string of the molecule is CNC(N)=O.O=C(O)c1csc(N(C(=O)c2ccccc2Cl)c2ccc(Cl)cc2)n1. The van der Waals surface area contributed by atoms with Crippen LogP contribution in [-0.4, -0.2) is 35.0 Å². The van der Waals surface area contributed by atoms with Gasteiger partial charge < -0.3 is 16.2 Å². The van der Waals surface area contributed by atoms with Gasteiger partial charge in [0.15, 0.2) is 10.8 Å². The summed E-state index contributed by atoms with van der Waals surface area (Å²) in [7, 11) is 1.47. The molecule has 156 valence electrons. The number of rotatable bonds is 4. The molecule has 0 spiro atoms. The first-order chi connectivity index (χ1) is 14.2. The number of nitrogens with two attached hydrogens (primary N) is 1. The maximum Gasteiger partial charge on any atom is 0.355 e. The molecule has 0 radical (unpaired) electrons. The Kier molecular flexibility index (Phi) is 8.16. The fraction of sp³-hybridized carbons (Fsp3) is 0.0526. The van der Waals surface area contributed by atoms with Crippen molar-refractivity contribution in [3.8, 4) is 0 Å². The van der Waals surface area contributed by atoms with E-state index >= 15 is 0 Å². The maximum absolute atomic E-state index is 13.1. The highest BCUT2D eigenvalue weighted by Crippen LogP contribution is 2.32. The van der Waals surface area contributed by atoms with Gasteiger partial charge in [0.25, 0.3) is 5.91 Å². The fourth-order valence-corrected chi connectivity index (χ4v) is 3.28. The normalized spacial score (nSPS) is 9.83. The number of nitrogens with one attached hydrogen (secondary N) is 1. The largest absolute Gasteiger partial charge is 0.476 e. The van der Waals surface area contributed by atoms with Crippen molar-refractivity contribution in [1.82, 2.24) is 10.3 Å². The fourth-order valence-electron chi connectivity index (χ4n) is 2.13. The molecule has 3 rings (SSSR count). The molecular weight excluding hydrogens is 451 g/mol. The van der Waals surface area contributed by atoms with Crippen molar-refractivity contribution >= 4 is 63.3 Å². The Hall–Kier alpha value is -3.14. The molecule has 0 unspecified atom stereocenters. The van der Waals surface area contributed by atoms with Gasteiger partial charge in [-0.15, -0.1) is 11.3 Å². The van der Waals surface area contributed by atoms with E-state index in [1.807, 2.05) is 0 Å². The molecule has 2 aromatic carbocycles. The summed E-state index contributed by atoms with van der Waals surface area (Å²) in [5, 5.41) is 13.7. The number of hydrogen-bond acceptors (Lipinski definition) is 5. The first kappa shape index (κ1) is 23.1. The van der Waals surface area contributed by atoms with Crippen LogP contribution < -0.4 is 16.0 Å². The number of anilines is 2. The van der Waals surface area contributed by atoms with E-state index in [1.54, 1.807) is 48.5 Å². The summed E-state index contributed by atoms with van der Waals surface area (Å²) in [5.41, 5.74) is 5.19. The van der Waals surface area contributed by atoms with E-state index in [1.165, 1.54) is 17.3 Å². The van der Waals surface area contributed by atoms with Crippen molar-refractivity contribution < 1.29 is 19.5 Å². The van der Waals surface area contributed by atoms with Crippen LogP contribution in [0.4, 0.5) is 15.6 Å². The van der Waals surface area contributed by atoms with E-state index in [2.05, 4.69) is 16.0 Å². The van der Waals surface area contributed by atoms with Crippen molar-refractivity contribution in [1.29, 1.82) is 0 Å². The number of nitrogens with zero attached hydrogens (tertiary/aromatic N) is 2. The smallest absolute Gasteiger partial charge is 0.355 e. The monoisotopic (exact) mass is 466 g/mol. The van der Waals surface area contributed by atoms with Crippen LogP contribution in [0.2, 0.25) is 10.0 Å². The number of carboxylic acid groups (broad SMARTS) is 1. The Labute approximate surface area is 185 Å². The molecule has 3 amide bonds. The van der Waals surface area contributed by atoms with Crippen LogP contribution in [0.5, 0.6) is 0 Å². The molecule has 30 heavy (non-hydrogen) atoms. The minimum atomic E-state index is -1.16. The zero-order valence-electron chi connectivity index (χ0n) is 15.5. The molecule has 11 heteroatoms. The summed E-state index contributed by atoms with van der Waals surface area (Å²) >= 11 is 13.1. The van der Waals surface area contributed by atoms with E-state index in [0.717, 1.165) is 11.3 Å². The summed E-state index contributed by atoms with van der Waals surface area (Å²) in [4.78, 5) is 39.0. The van der Waals surface area contributed by atoms with Gasteiger partial charge in [-0.1, -0.05) is 35.3 Å². The van der Waals surface area contributed by atoms with E-state index in [4.69, 9.17) is 28.3 Å². The number of carbonyl (C=O) groups is 3. The number of aromatic nitrogens is 1. The van der Waals surface area contributed by atoms with Crippen LogP contribution >= 0.6 is 34.5 Å². The first-order valence-corrected chi connectivity index (χ1v) is 9.88. The van der Waals surface area contributed by atoms with Crippen LogP contribution in [0.25, 0.3) is 0 Å². The minimum Gasteiger partial charge on any atom is -0.476 e. The molecule has 8 nitrogen and oxygen atoms in total. The van der Waals surface area contributed by atoms with Crippen LogP contribution in [0.3, 0.4) is 0 Å². The van der Waals surface area contributed by atoms with E-state index < -0.39 is 17.9 Å². The zero-order chi connectivity index (χ0) is 22.3. The van der Waals surface area contributed by atoms with E-state index in [0.29, 0.717) is 15.7 Å². The Morgan fingerprint density at radius 2 is 1.70 bits per heavy atom. The number of halogens is 2. The maximum atomic E-state index is 13.1. The number of aromatic carboxylic acids is 1. The number of amides is 3. The number of primary amides is 1. The number of urea groups is 1. The molecule has 0 aliphatic heterocycles. The number of hydrogen-bond donors (Lipinski definition) is 3. The molecule has 0 aliphatic rings. The highest BCUT2D eigenvalue weighted by molar-refractivity contribution is 7.14. The van der Waals surface area contributed by atoms with Crippen molar-refractivity contribution in [2.24, 2.45) is 5.73 Å². The Morgan fingerprint density at radius 3 is 2.20 bits per heavy atom. The summed E-state index contributed by atoms with van der Waals surface area (Å²) in [5.74, 6) is -1.58. The second-order valence-corrected chi connectivity index (χ2v) is 7.21. The average molecular weight is 467 g/mol. The van der Waals surface area contributed by atoms with Gasteiger partial charge in [-0.2, -0.15) is 0 Å². The number of carbonyl (C=O) groups excluding carboxylic acids is 2. The molecule has 1 heterocycles. The molecule has 4 N–H and O–H groups in total. The highest BCUT2D eigenvalue weighted by atomic mass is 35.5. The van der Waals surface area contributed by atoms with Crippen LogP contribution in [0, 0.1) is 0 Å². The quantitative estimate of drug-likeness (QED) is 0.524. The first-order valence-electron chi connectivity index (χ1n) is 8.25. The molecule has 0 aliphatic carbocycles. The minimum absolute atomic E-state index is 0.133. The zero-order valence-corrected chi connectivity index (χ0v) is 17.8. The third-order valence-electron chi connectivity index (χ3n) is 3.54. The third kappa shape index (κ3) is 5.93. The van der Waals surface area contributed by atoms with Crippen molar-refractivity contribution in [2.75, 3.05) is 11.9 Å². The Morgan fingerprint density at radius 1 is 1.10 bits per heavy atom. The van der Waals surface area contributed by atoms with E-state index in [9.17, 15) is 14.4 Å². The molecule has 1 aromatic heterocycles. The van der Waals surface area contributed by atoms with Crippen LogP contribution in [-0.2, 0) is 0 Å². The summed E-state index contributed by atoms with van der Waals surface area (Å²) in [6.07, 6.45) is 0. The van der Waals surface area contributed by atoms with Crippen molar-refractivity contribution in [3.05, 3.63) is 75.2 Å². The van der Waals surface area contributed by atoms with Gasteiger partial charge in [-0.25, -0.2) is 14.6 Å². The molecule has 0 saturated heterocycles. The standard InChI is InChI=1S/C17H10Cl2N2O3S.C2H6N2O/c18-10-5-7-11(8-6-10)21(17-20-14(9-25-17)16(23)24)15(22)12-3-1-2-4-13(12)19;1-4-2(3)5/h1-9H,(H,23,24);1H3,(H3,3,4,5). The molecule has 0 fully saturated rings. The Balaban J connectivity index is 0.000000575. The lowest BCUT2D eigenvalue weighted by Gasteiger charge is -2.20. The highest BCUT2D eigenvalue weighted by Gasteiger charge is 2.25. The lowest BCUT2D eigenvalue weighted by Crippen LogP contribution is -2.26. The van der Waals surface area contributed by atoms with Crippen LogP contribution in [0.15, 0.2) is 53.9 Å². The summed E-state index contributed by atoms with van der Waals surface area (Å²) in [6.45, 7) is 0. The predicted molar refractivity (Wildman–Crippen MR) is 117 cm³/mol. The molecule has 0 bridgehead atoms. The number of benzene rings is 2. The second-order valence-electron chi connectivity index (χ2n) is 5.53. The lowest BCUT2D eigenvalue weighted by molar-refractivity contribution is 0.0691. The lowest BCUT2D eigenvalue weighted by atomic mass is 10.2. The van der Waals surface area contributed by atoms with Gasteiger partial charge in [-0.05, 0) is 36.4 Å². The van der Waals surface area contributed by atoms with Gasteiger partial charge in [0, 0.05) is 17.5 Å². The van der Waals surface area contributed by atoms with Gasteiger partial charge in [0.05, 0.1) is 16.3 Å². The summed E-state index contributed by atoms with van der Waals surface area (Å²) in [6, 6.07) is 12.7. The van der Waals surface area contributed by atoms with Gasteiger partial charge in [0.2, 0.25) is 0 Å². The topological polar surface area (TPSA) is 126 Å². The van der Waals surface area contributed by atoms with Gasteiger partial charge in [-0.3, -0.25) is 9.69 Å². The van der Waals surface area contributed by atoms with Crippen molar-refractivity contribution in [2.45, 2.75) is 0 Å². The predicted octanol–water partition coefficient (Wildman–Crippen LogP) is 4.41. The molecule has 0 saturated carbocycles. The third-order valence-corrected chi connectivity index (χ3v) is 4.95. The summed E-state index contributed by atoms with van der Waals surface area (Å²) < 4.78 is 0. The number of carboxylic acids is 1. The van der Waals surface area contributed by atoms with Crippen LogP contribution in [0.1, 0.15) is 20.8 Å². The average Bonchev–Trinajstić information content (AvgIpc) is 3.20. The number of thiazole rings is 1. The van der Waals surface area contributed by atoms with Crippen molar-refractivity contribution in [3.63, 3.8) is 0 Å². The second kappa shape index (κ2) is 10.6. The molecular formula is C19H16Cl2N4O4S. The van der Waals surface area contributed by atoms with Gasteiger partial charge >= 0.3 is 12.0 Å². The van der Waals surface area contributed by atoms with E-state index in [-0.39, 0.29) is 16.4 Å². The Bertz CT molecular complexity index is 1060. The molecule has 0 atom stereocenters. The van der Waals surface area contributed by atoms with Gasteiger partial charge in [0.1, 0.15) is 0 Å².